The molecule has 0 spiro atoms. The van der Waals surface area contributed by atoms with Gasteiger partial charge in [0.1, 0.15) is 0 Å². The molecule has 0 aromatic carbocycles. The van der Waals surface area contributed by atoms with Crippen LogP contribution in [0.1, 0.15) is 0 Å². The van der Waals surface area contributed by atoms with Crippen molar-refractivity contribution in [2.45, 2.75) is 0 Å². The van der Waals surface area contributed by atoms with Gasteiger partial charge in [0, 0.05) is 7.11 Å². The van der Waals surface area contributed by atoms with Crippen LogP contribution in [0.2, 0.25) is 0 Å². The summed E-state index contributed by atoms with van der Waals surface area (Å²) in [5.74, 6) is 0. The number of rotatable bonds is 1. The van der Waals surface area contributed by atoms with Gasteiger partial charge in [-0.25, -0.2) is 0 Å². The molecule has 0 fully saturated rings. The topological polar surface area (TPSA) is 9.23 Å². The third kappa shape index (κ3) is 3.82. The summed E-state index contributed by atoms with van der Waals surface area (Å²) >= 11 is 0. The second-order valence-corrected chi connectivity index (χ2v) is 0.430. The van der Waals surface area contributed by atoms with Crippen LogP contribution in [-0.2, 0) is 4.74 Å². The summed E-state index contributed by atoms with van der Waals surface area (Å²) in [7, 11) is 0.912. The number of hydrogen-bond donors (Lipinski definition) is 0. The van der Waals surface area contributed by atoms with Gasteiger partial charge in [-0.3, -0.25) is 0 Å². The van der Waals surface area contributed by atoms with E-state index in [0.29, 0.717) is 0 Å². The lowest BCUT2D eigenvalue weighted by Crippen LogP contribution is -1.77. The van der Waals surface area contributed by atoms with Crippen LogP contribution in [-0.4, -0.2) is 7.11 Å². The molecule has 0 heterocycles. The lowest BCUT2D eigenvalue weighted by Gasteiger charge is -1.81. The second-order valence-electron chi connectivity index (χ2n) is 0.430. The molecule has 0 aromatic rings. The van der Waals surface area contributed by atoms with Crippen LogP contribution < -0.4 is 0 Å². The summed E-state index contributed by atoms with van der Waals surface area (Å²) in [5.41, 5.74) is 0. The predicted molar refractivity (Wildman–Crippen MR) is 12.5 cm³/mol. The summed E-state index contributed by atoms with van der Waals surface area (Å²) in [6.07, 6.45) is 0. The summed E-state index contributed by atoms with van der Waals surface area (Å²) in [5, 5.41) is 0. The Morgan fingerprint density at radius 2 is 1.80 bits per heavy atom. The third-order valence-corrected chi connectivity index (χ3v) is 0.154. The molecule has 0 bridgehead atoms. The average Bonchev–Trinajstić information content (AvgIpc) is 1.38. The fraction of sp³-hybridized carbons (Fsp3) is 0.500. The van der Waals surface area contributed by atoms with E-state index in [1.165, 1.54) is 0 Å². The maximum absolute atomic E-state index is 10.5. The maximum atomic E-state index is 10.5. The van der Waals surface area contributed by atoms with Crippen LogP contribution in [0, 0.1) is 6.61 Å². The first-order valence-corrected chi connectivity index (χ1v) is 0.990. The third-order valence-electron chi connectivity index (χ3n) is 0.154. The Kier molecular flexibility index (Phi) is 2.01. The van der Waals surface area contributed by atoms with Crippen LogP contribution >= 0.6 is 0 Å². The largest absolute Gasteiger partial charge is 0.448 e. The lowest BCUT2D eigenvalue weighted by molar-refractivity contribution is 0.0120. The lowest BCUT2D eigenvalue weighted by atomic mass is 11.4. The second kappa shape index (κ2) is 2.08. The summed E-state index contributed by atoms with van der Waals surface area (Å²) in [4.78, 5) is 0. The number of halogens is 2. The molecule has 5 heavy (non-hydrogen) atoms. The summed E-state index contributed by atoms with van der Waals surface area (Å²) < 4.78 is 24.2. The molecule has 0 aliphatic heterocycles. The molecule has 3 heteroatoms. The molecule has 0 amide bonds. The van der Waals surface area contributed by atoms with Gasteiger partial charge in [0.2, 0.25) is 0 Å². The maximum Gasteiger partial charge on any atom is 0.448 e. The van der Waals surface area contributed by atoms with E-state index in [1.54, 1.807) is 0 Å². The number of methoxy groups -OCH3 is 1. The van der Waals surface area contributed by atoms with Gasteiger partial charge in [-0.2, -0.15) is 8.78 Å². The highest BCUT2D eigenvalue weighted by Gasteiger charge is 1.96. The number of ether oxygens (including phenoxy) is 1. The van der Waals surface area contributed by atoms with Crippen molar-refractivity contribution >= 4 is 0 Å². The first kappa shape index (κ1) is 4.82. The van der Waals surface area contributed by atoms with Crippen molar-refractivity contribution < 1.29 is 13.5 Å². The normalized spacial score (nSPS) is 9.60. The van der Waals surface area contributed by atoms with Gasteiger partial charge in [0.25, 0.3) is 0 Å². The number of hydrogen-bond acceptors (Lipinski definition) is 1. The molecule has 0 aliphatic rings. The predicted octanol–water partition coefficient (Wildman–Crippen LogP) is 1.02. The highest BCUT2D eigenvalue weighted by atomic mass is 19.3. The molecule has 0 unspecified atom stereocenters. The van der Waals surface area contributed by atoms with E-state index in [0.717, 1.165) is 7.11 Å². The summed E-state index contributed by atoms with van der Waals surface area (Å²) in [6.45, 7) is -2.00. The van der Waals surface area contributed by atoms with Crippen molar-refractivity contribution in [1.29, 1.82) is 0 Å². The summed E-state index contributed by atoms with van der Waals surface area (Å²) in [6, 6.07) is 0. The molecule has 31 valence electrons. The molecular formula is C2H3F2O. The quantitative estimate of drug-likeness (QED) is 0.458. The Balaban J connectivity index is 2.54. The zero-order valence-electron chi connectivity index (χ0n) is 2.66. The van der Waals surface area contributed by atoms with Gasteiger partial charge < -0.3 is 4.74 Å². The fourth-order valence-corrected chi connectivity index (χ4v) is 0. The molecule has 1 radical (unpaired) electrons. The molecule has 0 aromatic heterocycles. The highest BCUT2D eigenvalue weighted by Crippen LogP contribution is 1.99. The van der Waals surface area contributed by atoms with Crippen LogP contribution in [0.15, 0.2) is 0 Å². The fourth-order valence-electron chi connectivity index (χ4n) is 0. The van der Waals surface area contributed by atoms with E-state index in [1.807, 2.05) is 0 Å². The Bertz CT molecular complexity index is 21.6. The van der Waals surface area contributed by atoms with E-state index in [9.17, 15) is 8.78 Å². The van der Waals surface area contributed by atoms with Crippen molar-refractivity contribution in [2.24, 2.45) is 0 Å². The smallest absolute Gasteiger partial charge is 0.317 e. The molecule has 0 N–H and O–H groups in total. The van der Waals surface area contributed by atoms with Crippen LogP contribution in [0.4, 0.5) is 8.78 Å². The van der Waals surface area contributed by atoms with Gasteiger partial charge in [0.15, 0.2) is 0 Å². The Morgan fingerprint density at radius 1 is 1.60 bits per heavy atom. The van der Waals surface area contributed by atoms with E-state index in [-0.39, 0.29) is 0 Å². The van der Waals surface area contributed by atoms with Crippen LogP contribution in [0.25, 0.3) is 0 Å². The molecule has 0 saturated carbocycles. The van der Waals surface area contributed by atoms with Crippen molar-refractivity contribution in [2.75, 3.05) is 7.11 Å². The van der Waals surface area contributed by atoms with Gasteiger partial charge >= 0.3 is 6.61 Å². The Labute approximate surface area is 28.5 Å². The van der Waals surface area contributed by atoms with E-state index in [2.05, 4.69) is 4.74 Å². The first-order valence-electron chi connectivity index (χ1n) is 0.990. The SMILES string of the molecule is CO[C](F)F. The van der Waals surface area contributed by atoms with Gasteiger partial charge in [0.05, 0.1) is 0 Å². The monoisotopic (exact) mass is 81.0 g/mol. The van der Waals surface area contributed by atoms with Gasteiger partial charge in [-0.1, -0.05) is 0 Å². The molecule has 0 aliphatic carbocycles. The van der Waals surface area contributed by atoms with Crippen molar-refractivity contribution in [1.82, 2.24) is 0 Å². The minimum atomic E-state index is -2.00. The standard InChI is InChI=1S/C2H3F2O/c1-5-2(3)4/h1H3. The minimum absolute atomic E-state index is 0.912. The molecule has 0 atom stereocenters. The zero-order chi connectivity index (χ0) is 4.28. The van der Waals surface area contributed by atoms with E-state index < -0.39 is 6.61 Å². The molecule has 1 nitrogen and oxygen atoms in total. The zero-order valence-corrected chi connectivity index (χ0v) is 2.66. The first-order chi connectivity index (χ1) is 2.27. The molecule has 0 rings (SSSR count). The van der Waals surface area contributed by atoms with Crippen LogP contribution in [0.5, 0.6) is 0 Å². The van der Waals surface area contributed by atoms with Crippen molar-refractivity contribution in [3.05, 3.63) is 6.61 Å². The highest BCUT2D eigenvalue weighted by molar-refractivity contribution is 4.27. The van der Waals surface area contributed by atoms with E-state index in [4.69, 9.17) is 0 Å². The van der Waals surface area contributed by atoms with Crippen LogP contribution in [0.3, 0.4) is 0 Å². The molecule has 0 saturated heterocycles. The van der Waals surface area contributed by atoms with Crippen molar-refractivity contribution in [3.63, 3.8) is 0 Å². The Morgan fingerprint density at radius 3 is 1.80 bits per heavy atom. The van der Waals surface area contributed by atoms with Gasteiger partial charge in [-0.05, 0) is 0 Å². The van der Waals surface area contributed by atoms with E-state index >= 15 is 0 Å². The van der Waals surface area contributed by atoms with Gasteiger partial charge in [-0.15, -0.1) is 0 Å². The molecular weight excluding hydrogens is 78.0 g/mol. The average molecular weight is 81.0 g/mol. The van der Waals surface area contributed by atoms with Crippen molar-refractivity contribution in [3.8, 4) is 0 Å². The minimum Gasteiger partial charge on any atom is -0.317 e. The Hall–Kier alpha value is -0.180.